The molecule has 0 radical (unpaired) electrons. The van der Waals surface area contributed by atoms with Gasteiger partial charge in [0.15, 0.2) is 0 Å². The van der Waals surface area contributed by atoms with Gasteiger partial charge in [-0.05, 0) is 61.3 Å². The topological polar surface area (TPSA) is 21.3 Å². The maximum Gasteiger partial charge on any atom is 0.0782 e. The summed E-state index contributed by atoms with van der Waals surface area (Å²) in [5.41, 5.74) is 1.31. The lowest BCUT2D eigenvalue weighted by Gasteiger charge is -2.21. The maximum atomic E-state index is 5.95. The molecule has 0 aromatic carbocycles. The molecule has 1 aliphatic heterocycles. The summed E-state index contributed by atoms with van der Waals surface area (Å²) in [6.45, 7) is 4.29. The first-order valence-corrected chi connectivity index (χ1v) is 7.31. The molecule has 4 heteroatoms. The fourth-order valence-electron chi connectivity index (χ4n) is 2.23. The minimum absolute atomic E-state index is 0.324. The predicted octanol–water partition coefficient (Wildman–Crippen LogP) is 3.65. The Morgan fingerprint density at radius 2 is 2.31 bits per heavy atom. The van der Waals surface area contributed by atoms with E-state index >= 15 is 0 Å². The molecule has 3 unspecified atom stereocenters. The van der Waals surface area contributed by atoms with E-state index in [1.807, 2.05) is 18.4 Å². The molecule has 2 heterocycles. The Balaban J connectivity index is 2.16. The van der Waals surface area contributed by atoms with Crippen molar-refractivity contribution in [3.8, 4) is 0 Å². The third-order valence-electron chi connectivity index (χ3n) is 3.13. The Kier molecular flexibility index (Phi) is 4.06. The average molecular weight is 304 g/mol. The van der Waals surface area contributed by atoms with Crippen molar-refractivity contribution in [1.29, 1.82) is 0 Å². The molecule has 1 aromatic heterocycles. The average Bonchev–Trinajstić information content (AvgIpc) is 2.77. The van der Waals surface area contributed by atoms with Crippen molar-refractivity contribution in [2.75, 3.05) is 7.05 Å². The minimum atomic E-state index is 0.324. The van der Waals surface area contributed by atoms with Crippen molar-refractivity contribution in [3.63, 3.8) is 0 Å². The minimum Gasteiger partial charge on any atom is -0.373 e. The van der Waals surface area contributed by atoms with Crippen molar-refractivity contribution < 1.29 is 4.74 Å². The smallest absolute Gasteiger partial charge is 0.0782 e. The van der Waals surface area contributed by atoms with Gasteiger partial charge in [-0.3, -0.25) is 0 Å². The molecule has 0 aliphatic carbocycles. The Hall–Kier alpha value is 0.1000. The molecule has 0 saturated carbocycles. The van der Waals surface area contributed by atoms with Gasteiger partial charge in [-0.2, -0.15) is 0 Å². The van der Waals surface area contributed by atoms with E-state index in [4.69, 9.17) is 4.74 Å². The van der Waals surface area contributed by atoms with Crippen molar-refractivity contribution in [2.45, 2.75) is 44.9 Å². The third kappa shape index (κ3) is 2.50. The Labute approximate surface area is 110 Å². The molecule has 0 spiro atoms. The number of hydrogen-bond acceptors (Lipinski definition) is 3. The van der Waals surface area contributed by atoms with Gasteiger partial charge in [0, 0.05) is 4.88 Å². The monoisotopic (exact) mass is 303 g/mol. The van der Waals surface area contributed by atoms with Gasteiger partial charge in [0.05, 0.1) is 22.0 Å². The number of thiophene rings is 1. The highest BCUT2D eigenvalue weighted by atomic mass is 79.9. The molecule has 16 heavy (non-hydrogen) atoms. The molecule has 1 saturated heterocycles. The first kappa shape index (κ1) is 12.6. The van der Waals surface area contributed by atoms with Gasteiger partial charge in [0.2, 0.25) is 0 Å². The van der Waals surface area contributed by atoms with Crippen molar-refractivity contribution in [3.05, 3.63) is 20.3 Å². The second kappa shape index (κ2) is 5.17. The van der Waals surface area contributed by atoms with Crippen LogP contribution in [0.1, 0.15) is 36.2 Å². The molecule has 3 atom stereocenters. The van der Waals surface area contributed by atoms with Crippen LogP contribution < -0.4 is 5.32 Å². The van der Waals surface area contributed by atoms with Crippen molar-refractivity contribution in [1.82, 2.24) is 5.32 Å². The van der Waals surface area contributed by atoms with Gasteiger partial charge in [-0.15, -0.1) is 11.3 Å². The summed E-state index contributed by atoms with van der Waals surface area (Å²) < 4.78 is 7.18. The highest BCUT2D eigenvalue weighted by Crippen LogP contribution is 2.36. The molecule has 1 N–H and O–H groups in total. The summed E-state index contributed by atoms with van der Waals surface area (Å²) in [5, 5.41) is 3.39. The van der Waals surface area contributed by atoms with Gasteiger partial charge < -0.3 is 10.1 Å². The number of ether oxygens (including phenoxy) is 1. The van der Waals surface area contributed by atoms with Gasteiger partial charge in [-0.1, -0.05) is 0 Å². The zero-order valence-corrected chi connectivity index (χ0v) is 12.3. The van der Waals surface area contributed by atoms with E-state index in [9.17, 15) is 0 Å². The van der Waals surface area contributed by atoms with E-state index in [1.165, 1.54) is 20.6 Å². The third-order valence-corrected chi connectivity index (χ3v) is 5.35. The zero-order valence-electron chi connectivity index (χ0n) is 9.92. The molecule has 0 amide bonds. The van der Waals surface area contributed by atoms with Gasteiger partial charge >= 0.3 is 0 Å². The van der Waals surface area contributed by atoms with Crippen LogP contribution in [0.3, 0.4) is 0 Å². The Bertz CT molecular complexity index is 346. The fourth-order valence-corrected chi connectivity index (χ4v) is 3.96. The van der Waals surface area contributed by atoms with E-state index in [0.29, 0.717) is 18.2 Å². The van der Waals surface area contributed by atoms with Crippen molar-refractivity contribution >= 4 is 27.3 Å². The molecule has 1 aliphatic rings. The van der Waals surface area contributed by atoms with Crippen molar-refractivity contribution in [2.24, 2.45) is 0 Å². The van der Waals surface area contributed by atoms with Crippen LogP contribution in [-0.4, -0.2) is 19.3 Å². The van der Waals surface area contributed by atoms with Crippen LogP contribution in [0.15, 0.2) is 9.85 Å². The SMILES string of the molecule is CNC(c1cc(C)c(Br)s1)C1CCC(C)O1. The quantitative estimate of drug-likeness (QED) is 0.920. The van der Waals surface area contributed by atoms with Crippen LogP contribution in [0.5, 0.6) is 0 Å². The summed E-state index contributed by atoms with van der Waals surface area (Å²) in [4.78, 5) is 1.37. The summed E-state index contributed by atoms with van der Waals surface area (Å²) in [6.07, 6.45) is 3.06. The second-order valence-corrected chi connectivity index (χ2v) is 6.84. The highest BCUT2D eigenvalue weighted by Gasteiger charge is 2.30. The van der Waals surface area contributed by atoms with Crippen LogP contribution in [0, 0.1) is 6.92 Å². The Morgan fingerprint density at radius 3 is 2.75 bits per heavy atom. The summed E-state index contributed by atoms with van der Waals surface area (Å²) in [6, 6.07) is 2.59. The van der Waals surface area contributed by atoms with E-state index in [0.717, 1.165) is 6.42 Å². The van der Waals surface area contributed by atoms with Crippen LogP contribution in [0.25, 0.3) is 0 Å². The van der Waals surface area contributed by atoms with E-state index < -0.39 is 0 Å². The van der Waals surface area contributed by atoms with E-state index in [-0.39, 0.29) is 0 Å². The fraction of sp³-hybridized carbons (Fsp3) is 0.667. The molecule has 1 aromatic rings. The zero-order chi connectivity index (χ0) is 11.7. The Morgan fingerprint density at radius 1 is 1.56 bits per heavy atom. The molecule has 0 bridgehead atoms. The first-order valence-electron chi connectivity index (χ1n) is 5.70. The number of likely N-dealkylation sites (N-methyl/N-ethyl adjacent to an activating group) is 1. The predicted molar refractivity (Wildman–Crippen MR) is 72.1 cm³/mol. The lowest BCUT2D eigenvalue weighted by Crippen LogP contribution is -2.28. The molecular formula is C12H18BrNOS. The summed E-state index contributed by atoms with van der Waals surface area (Å²) >= 11 is 5.39. The summed E-state index contributed by atoms with van der Waals surface area (Å²) in [5.74, 6) is 0. The molecule has 90 valence electrons. The maximum absolute atomic E-state index is 5.95. The first-order chi connectivity index (χ1) is 7.61. The van der Waals surface area contributed by atoms with Gasteiger partial charge in [0.1, 0.15) is 0 Å². The van der Waals surface area contributed by atoms with E-state index in [1.54, 1.807) is 0 Å². The number of nitrogens with one attached hydrogen (secondary N) is 1. The molecular weight excluding hydrogens is 286 g/mol. The normalized spacial score (nSPS) is 27.2. The number of halogens is 1. The van der Waals surface area contributed by atoms with Crippen LogP contribution in [0.4, 0.5) is 0 Å². The number of rotatable bonds is 3. The molecule has 2 rings (SSSR count). The second-order valence-electron chi connectivity index (χ2n) is 4.43. The van der Waals surface area contributed by atoms with Gasteiger partial charge in [-0.25, -0.2) is 0 Å². The van der Waals surface area contributed by atoms with Crippen LogP contribution in [-0.2, 0) is 4.74 Å². The highest BCUT2D eigenvalue weighted by molar-refractivity contribution is 9.11. The van der Waals surface area contributed by atoms with Gasteiger partial charge in [0.25, 0.3) is 0 Å². The number of aryl methyl sites for hydroxylation is 1. The van der Waals surface area contributed by atoms with E-state index in [2.05, 4.69) is 41.2 Å². The van der Waals surface area contributed by atoms with Crippen LogP contribution in [0.2, 0.25) is 0 Å². The lowest BCUT2D eigenvalue weighted by atomic mass is 10.1. The molecule has 2 nitrogen and oxygen atoms in total. The van der Waals surface area contributed by atoms with Crippen LogP contribution >= 0.6 is 27.3 Å². The summed E-state index contributed by atoms with van der Waals surface area (Å²) in [7, 11) is 2.01. The lowest BCUT2D eigenvalue weighted by molar-refractivity contribution is 0.0341. The number of hydrogen-bond donors (Lipinski definition) is 1. The largest absolute Gasteiger partial charge is 0.373 e. The molecule has 1 fully saturated rings. The standard InChI is InChI=1S/C12H18BrNOS/c1-7-6-10(16-12(7)13)11(14-3)9-5-4-8(2)15-9/h6,8-9,11,14H,4-5H2,1-3H3.